The third-order valence-electron chi connectivity index (χ3n) is 8.44. The zero-order valence-corrected chi connectivity index (χ0v) is 25.8. The van der Waals surface area contributed by atoms with Crippen molar-refractivity contribution in [3.8, 4) is 0 Å². The average molecular weight is 611 g/mol. The van der Waals surface area contributed by atoms with Gasteiger partial charge in [-0.15, -0.1) is 24.0 Å². The molecule has 2 heterocycles. The fourth-order valence-electron chi connectivity index (χ4n) is 5.48. The second-order valence-corrected chi connectivity index (χ2v) is 11.6. The number of nitrogens with zero attached hydrogens (tertiary/aromatic N) is 4. The summed E-state index contributed by atoms with van der Waals surface area (Å²) < 4.78 is 2.26. The fraction of sp³-hybridized carbons (Fsp3) is 0.586. The third-order valence-corrected chi connectivity index (χ3v) is 8.44. The minimum Gasteiger partial charge on any atom is -0.399 e. The van der Waals surface area contributed by atoms with Crippen LogP contribution in [0.15, 0.2) is 48.5 Å². The SMILES string of the molecule is CCC[N+](C)(C)C1CCN(c2ccc(N)cc2)C1.CC[N+](C)(C)C1CCN(c2ccc(N)cc2)C1.I. The van der Waals surface area contributed by atoms with Crippen molar-refractivity contribution in [2.45, 2.75) is 45.2 Å². The molecule has 4 rings (SSSR count). The van der Waals surface area contributed by atoms with Crippen LogP contribution < -0.4 is 21.3 Å². The first-order valence-electron chi connectivity index (χ1n) is 13.4. The Hall–Kier alpha value is -1.71. The number of hydrogen-bond acceptors (Lipinski definition) is 4. The highest BCUT2D eigenvalue weighted by atomic mass is 127. The second kappa shape index (κ2) is 13.2. The van der Waals surface area contributed by atoms with Crippen LogP contribution in [-0.2, 0) is 0 Å². The van der Waals surface area contributed by atoms with Gasteiger partial charge in [-0.3, -0.25) is 0 Å². The van der Waals surface area contributed by atoms with Crippen molar-refractivity contribution in [3.63, 3.8) is 0 Å². The molecule has 6 nitrogen and oxygen atoms in total. The molecule has 0 saturated carbocycles. The predicted molar refractivity (Wildman–Crippen MR) is 168 cm³/mol. The van der Waals surface area contributed by atoms with E-state index in [9.17, 15) is 0 Å². The largest absolute Gasteiger partial charge is 0.399 e. The second-order valence-electron chi connectivity index (χ2n) is 11.6. The van der Waals surface area contributed by atoms with Gasteiger partial charge in [-0.1, -0.05) is 6.92 Å². The first kappa shape index (κ1) is 30.5. The quantitative estimate of drug-likeness (QED) is 0.266. The lowest BCUT2D eigenvalue weighted by Crippen LogP contribution is -2.50. The zero-order valence-electron chi connectivity index (χ0n) is 23.5. The van der Waals surface area contributed by atoms with Crippen molar-refractivity contribution in [2.24, 2.45) is 0 Å². The molecule has 2 aliphatic rings. The van der Waals surface area contributed by atoms with E-state index in [0.29, 0.717) is 0 Å². The maximum atomic E-state index is 5.74. The molecule has 4 N–H and O–H groups in total. The molecular weight excluding hydrogens is 559 g/mol. The number of nitrogens with two attached hydrogens (primary N) is 2. The molecule has 2 atom stereocenters. The molecule has 0 aliphatic carbocycles. The van der Waals surface area contributed by atoms with Crippen LogP contribution >= 0.6 is 24.0 Å². The summed E-state index contributed by atoms with van der Waals surface area (Å²) in [6.45, 7) is 11.6. The van der Waals surface area contributed by atoms with E-state index >= 15 is 0 Å². The van der Waals surface area contributed by atoms with Gasteiger partial charge in [0.05, 0.1) is 54.4 Å². The Kier molecular flexibility index (Phi) is 11.2. The Morgan fingerprint density at radius 2 is 1.08 bits per heavy atom. The molecule has 202 valence electrons. The van der Waals surface area contributed by atoms with Crippen molar-refractivity contribution in [1.82, 2.24) is 0 Å². The Bertz CT molecular complexity index is 912. The van der Waals surface area contributed by atoms with Crippen molar-refractivity contribution < 1.29 is 8.97 Å². The van der Waals surface area contributed by atoms with E-state index in [2.05, 4.69) is 76.1 Å². The Labute approximate surface area is 237 Å². The molecule has 0 bridgehead atoms. The number of likely N-dealkylation sites (N-methyl/N-ethyl adjacent to an activating group) is 2. The summed E-state index contributed by atoms with van der Waals surface area (Å²) in [5, 5.41) is 0. The number of benzene rings is 2. The molecule has 36 heavy (non-hydrogen) atoms. The van der Waals surface area contributed by atoms with E-state index in [1.807, 2.05) is 24.3 Å². The van der Waals surface area contributed by atoms with Crippen molar-refractivity contribution in [1.29, 1.82) is 0 Å². The van der Waals surface area contributed by atoms with Crippen LogP contribution in [0.25, 0.3) is 0 Å². The van der Waals surface area contributed by atoms with Gasteiger partial charge in [0.25, 0.3) is 0 Å². The number of nitrogen functional groups attached to an aromatic ring is 2. The van der Waals surface area contributed by atoms with Crippen molar-refractivity contribution >= 4 is 46.7 Å². The molecule has 2 aliphatic heterocycles. The summed E-state index contributed by atoms with van der Waals surface area (Å²) in [5.74, 6) is 0. The van der Waals surface area contributed by atoms with E-state index in [4.69, 9.17) is 11.5 Å². The van der Waals surface area contributed by atoms with E-state index in [1.54, 1.807) is 0 Å². The van der Waals surface area contributed by atoms with Crippen molar-refractivity contribution in [2.75, 3.05) is 88.7 Å². The van der Waals surface area contributed by atoms with Crippen LogP contribution in [0.4, 0.5) is 22.7 Å². The monoisotopic (exact) mass is 610 g/mol. The highest BCUT2D eigenvalue weighted by Crippen LogP contribution is 2.27. The lowest BCUT2D eigenvalue weighted by atomic mass is 10.2. The zero-order chi connectivity index (χ0) is 25.6. The van der Waals surface area contributed by atoms with Crippen LogP contribution in [0.5, 0.6) is 0 Å². The topological polar surface area (TPSA) is 58.5 Å². The van der Waals surface area contributed by atoms with Gasteiger partial charge >= 0.3 is 0 Å². The van der Waals surface area contributed by atoms with Gasteiger partial charge in [0.1, 0.15) is 12.1 Å². The molecule has 2 aromatic rings. The summed E-state index contributed by atoms with van der Waals surface area (Å²) in [7, 11) is 9.38. The molecule has 2 saturated heterocycles. The third kappa shape index (κ3) is 7.89. The van der Waals surface area contributed by atoms with Crippen LogP contribution in [0.1, 0.15) is 33.1 Å². The summed E-state index contributed by atoms with van der Waals surface area (Å²) in [6, 6.07) is 18.0. The minimum absolute atomic E-state index is 0. The molecule has 2 unspecified atom stereocenters. The van der Waals surface area contributed by atoms with Crippen LogP contribution in [0, 0.1) is 0 Å². The number of halogens is 1. The molecule has 7 heteroatoms. The maximum Gasteiger partial charge on any atom is 0.108 e. The molecule has 0 radical (unpaired) electrons. The van der Waals surface area contributed by atoms with Gasteiger partial charge in [-0.25, -0.2) is 0 Å². The molecule has 0 spiro atoms. The van der Waals surface area contributed by atoms with Gasteiger partial charge in [0.2, 0.25) is 0 Å². The van der Waals surface area contributed by atoms with Gasteiger partial charge in [-0.05, 0) is 61.9 Å². The number of rotatable bonds is 7. The smallest absolute Gasteiger partial charge is 0.108 e. The summed E-state index contributed by atoms with van der Waals surface area (Å²) in [4.78, 5) is 4.96. The summed E-state index contributed by atoms with van der Waals surface area (Å²) in [6.07, 6.45) is 3.83. The summed E-state index contributed by atoms with van der Waals surface area (Å²) >= 11 is 0. The molecule has 0 aromatic heterocycles. The number of quaternary nitrogens is 2. The Morgan fingerprint density at radius 3 is 1.44 bits per heavy atom. The summed E-state index contributed by atoms with van der Waals surface area (Å²) in [5.41, 5.74) is 15.8. The minimum atomic E-state index is 0. The van der Waals surface area contributed by atoms with Gasteiger partial charge in [-0.2, -0.15) is 0 Å². The molecule has 0 amide bonds. The number of hydrogen-bond donors (Lipinski definition) is 2. The molecule has 2 aromatic carbocycles. The van der Waals surface area contributed by atoms with Gasteiger partial charge < -0.3 is 30.2 Å². The average Bonchev–Trinajstić information content (AvgIpc) is 3.52. The first-order chi connectivity index (χ1) is 16.6. The molecule has 2 fully saturated rings. The first-order valence-corrected chi connectivity index (χ1v) is 13.4. The Balaban J connectivity index is 0.000000247. The fourth-order valence-corrected chi connectivity index (χ4v) is 5.48. The van der Waals surface area contributed by atoms with Crippen LogP contribution in [-0.4, -0.2) is 88.5 Å². The molecular formula is C29H51IN6+2. The standard InChI is InChI=1S/C15H26N3.C14H24N3.HI/c1-4-11-18(2,3)15-9-10-17(12-15)14-7-5-13(16)6-8-14;1-4-17(2,3)14-9-10-16(11-14)13-7-5-12(15)6-8-13;/h5-8,15H,4,9-12,16H2,1-3H3;5-8,14H,4,9-11,15H2,1-3H3;1H/q2*+1;. The van der Waals surface area contributed by atoms with E-state index in [1.165, 1.54) is 50.3 Å². The van der Waals surface area contributed by atoms with E-state index in [0.717, 1.165) is 52.1 Å². The van der Waals surface area contributed by atoms with E-state index < -0.39 is 0 Å². The maximum absolute atomic E-state index is 5.74. The van der Waals surface area contributed by atoms with Crippen molar-refractivity contribution in [3.05, 3.63) is 48.5 Å². The normalized spacial score (nSPS) is 20.1. The predicted octanol–water partition coefficient (Wildman–Crippen LogP) is 4.90. The van der Waals surface area contributed by atoms with E-state index in [-0.39, 0.29) is 24.0 Å². The highest BCUT2D eigenvalue weighted by molar-refractivity contribution is 14.0. The van der Waals surface area contributed by atoms with Crippen LogP contribution in [0.3, 0.4) is 0 Å². The Morgan fingerprint density at radius 1 is 0.694 bits per heavy atom. The lowest BCUT2D eigenvalue weighted by molar-refractivity contribution is -0.912. The van der Waals surface area contributed by atoms with Gasteiger partial charge in [0.15, 0.2) is 0 Å². The lowest BCUT2D eigenvalue weighted by Gasteiger charge is -2.36. The number of anilines is 4. The van der Waals surface area contributed by atoms with Crippen LogP contribution in [0.2, 0.25) is 0 Å². The van der Waals surface area contributed by atoms with Gasteiger partial charge in [0, 0.05) is 48.7 Å². The highest BCUT2D eigenvalue weighted by Gasteiger charge is 2.35.